The van der Waals surface area contributed by atoms with E-state index >= 15 is 0 Å². The summed E-state index contributed by atoms with van der Waals surface area (Å²) in [5, 5.41) is 0. The van der Waals surface area contributed by atoms with Gasteiger partial charge in [0.05, 0.1) is 6.61 Å². The molecule has 0 aromatic carbocycles. The van der Waals surface area contributed by atoms with Crippen molar-refractivity contribution in [2.75, 3.05) is 6.61 Å². The molecule has 0 aliphatic heterocycles. The average molecular weight is 341 g/mol. The zero-order valence-electron chi connectivity index (χ0n) is 16.9. The first-order valence-corrected chi connectivity index (χ1v) is 10.9. The predicted octanol–water partition coefficient (Wildman–Crippen LogP) is 7.45. The van der Waals surface area contributed by atoms with Crippen LogP contribution in [0.15, 0.2) is 0 Å². The maximum absolute atomic E-state index is 11.4. The van der Waals surface area contributed by atoms with Crippen LogP contribution in [0.4, 0.5) is 0 Å². The summed E-state index contributed by atoms with van der Waals surface area (Å²) in [5.41, 5.74) is 0. The second kappa shape index (κ2) is 18.8. The topological polar surface area (TPSA) is 26.3 Å². The minimum absolute atomic E-state index is 0.0321. The van der Waals surface area contributed by atoms with Crippen molar-refractivity contribution in [2.45, 2.75) is 124 Å². The zero-order valence-corrected chi connectivity index (χ0v) is 16.9. The summed E-state index contributed by atoms with van der Waals surface area (Å²) in [6, 6.07) is 0. The van der Waals surface area contributed by atoms with Gasteiger partial charge in [0.15, 0.2) is 0 Å². The maximum atomic E-state index is 11.4. The van der Waals surface area contributed by atoms with Gasteiger partial charge in [0.25, 0.3) is 0 Å². The number of rotatable bonds is 18. The predicted molar refractivity (Wildman–Crippen MR) is 105 cm³/mol. The molecule has 0 radical (unpaired) electrons. The molecule has 0 spiro atoms. The van der Waals surface area contributed by atoms with E-state index in [-0.39, 0.29) is 5.97 Å². The molecule has 1 unspecified atom stereocenters. The summed E-state index contributed by atoms with van der Waals surface area (Å²) in [6.07, 6.45) is 21.4. The molecule has 0 saturated heterocycles. The first kappa shape index (κ1) is 23.5. The summed E-state index contributed by atoms with van der Waals surface area (Å²) >= 11 is 0. The number of esters is 1. The monoisotopic (exact) mass is 340 g/mol. The Morgan fingerprint density at radius 1 is 0.708 bits per heavy atom. The zero-order chi connectivity index (χ0) is 17.9. The molecule has 0 aliphatic rings. The molecular formula is C22H44O2. The molecule has 2 heteroatoms. The highest BCUT2D eigenvalue weighted by Gasteiger charge is 2.09. The van der Waals surface area contributed by atoms with E-state index in [1.807, 2.05) is 6.92 Å². The van der Waals surface area contributed by atoms with Crippen molar-refractivity contribution in [1.82, 2.24) is 0 Å². The number of ether oxygens (including phenoxy) is 1. The minimum Gasteiger partial charge on any atom is -0.466 e. The number of carbonyl (C=O) groups is 1. The SMILES string of the molecule is CCCCCCCCCCCCCCCCC(C)CC(=O)OCC. The fourth-order valence-electron chi connectivity index (χ4n) is 3.29. The molecule has 0 aromatic rings. The number of carbonyl (C=O) groups excluding carboxylic acids is 1. The van der Waals surface area contributed by atoms with Crippen LogP contribution in [0, 0.1) is 5.92 Å². The summed E-state index contributed by atoms with van der Waals surface area (Å²) < 4.78 is 5.00. The molecule has 24 heavy (non-hydrogen) atoms. The first-order chi connectivity index (χ1) is 11.7. The van der Waals surface area contributed by atoms with Crippen LogP contribution >= 0.6 is 0 Å². The lowest BCUT2D eigenvalue weighted by molar-refractivity contribution is -0.144. The van der Waals surface area contributed by atoms with E-state index in [1.165, 1.54) is 89.9 Å². The van der Waals surface area contributed by atoms with Gasteiger partial charge < -0.3 is 4.74 Å². The smallest absolute Gasteiger partial charge is 0.306 e. The van der Waals surface area contributed by atoms with E-state index in [1.54, 1.807) is 0 Å². The Balaban J connectivity index is 3.16. The van der Waals surface area contributed by atoms with Crippen molar-refractivity contribution in [1.29, 1.82) is 0 Å². The lowest BCUT2D eigenvalue weighted by Gasteiger charge is -2.10. The van der Waals surface area contributed by atoms with Gasteiger partial charge in [0.1, 0.15) is 0 Å². The van der Waals surface area contributed by atoms with E-state index in [9.17, 15) is 4.79 Å². The highest BCUT2D eigenvalue weighted by Crippen LogP contribution is 2.16. The molecule has 0 aliphatic carbocycles. The summed E-state index contributed by atoms with van der Waals surface area (Å²) in [4.78, 5) is 11.4. The van der Waals surface area contributed by atoms with Crippen LogP contribution in [0.5, 0.6) is 0 Å². The van der Waals surface area contributed by atoms with Crippen LogP contribution in [-0.4, -0.2) is 12.6 Å². The van der Waals surface area contributed by atoms with Crippen LogP contribution in [0.25, 0.3) is 0 Å². The largest absolute Gasteiger partial charge is 0.466 e. The van der Waals surface area contributed by atoms with Crippen LogP contribution in [-0.2, 0) is 9.53 Å². The van der Waals surface area contributed by atoms with Crippen molar-refractivity contribution in [3.63, 3.8) is 0 Å². The third kappa shape index (κ3) is 17.8. The quantitative estimate of drug-likeness (QED) is 0.191. The Morgan fingerprint density at radius 2 is 1.12 bits per heavy atom. The molecule has 0 N–H and O–H groups in total. The molecule has 1 atom stereocenters. The van der Waals surface area contributed by atoms with E-state index < -0.39 is 0 Å². The molecular weight excluding hydrogens is 296 g/mol. The molecule has 2 nitrogen and oxygen atoms in total. The second-order valence-corrected chi connectivity index (χ2v) is 7.50. The number of hydrogen-bond acceptors (Lipinski definition) is 2. The fraction of sp³-hybridized carbons (Fsp3) is 0.955. The van der Waals surface area contributed by atoms with Gasteiger partial charge in [0, 0.05) is 6.42 Å². The third-order valence-corrected chi connectivity index (χ3v) is 4.87. The minimum atomic E-state index is -0.0321. The van der Waals surface area contributed by atoms with Crippen LogP contribution in [0.1, 0.15) is 124 Å². The van der Waals surface area contributed by atoms with E-state index in [4.69, 9.17) is 4.74 Å². The van der Waals surface area contributed by atoms with Crippen molar-refractivity contribution < 1.29 is 9.53 Å². The van der Waals surface area contributed by atoms with Crippen molar-refractivity contribution >= 4 is 5.97 Å². The lowest BCUT2D eigenvalue weighted by atomic mass is 9.99. The molecule has 144 valence electrons. The van der Waals surface area contributed by atoms with Gasteiger partial charge >= 0.3 is 5.97 Å². The van der Waals surface area contributed by atoms with E-state index in [0.717, 1.165) is 6.42 Å². The fourth-order valence-corrected chi connectivity index (χ4v) is 3.29. The Kier molecular flexibility index (Phi) is 18.4. The average Bonchev–Trinajstić information content (AvgIpc) is 2.55. The maximum Gasteiger partial charge on any atom is 0.306 e. The van der Waals surface area contributed by atoms with Gasteiger partial charge in [-0.2, -0.15) is 0 Å². The van der Waals surface area contributed by atoms with Crippen LogP contribution in [0.2, 0.25) is 0 Å². The Labute approximate surface area is 152 Å². The number of hydrogen-bond donors (Lipinski definition) is 0. The number of unbranched alkanes of at least 4 members (excludes halogenated alkanes) is 13. The van der Waals surface area contributed by atoms with Gasteiger partial charge in [-0.25, -0.2) is 0 Å². The van der Waals surface area contributed by atoms with Crippen molar-refractivity contribution in [3.8, 4) is 0 Å². The van der Waals surface area contributed by atoms with E-state index in [2.05, 4.69) is 13.8 Å². The molecule has 0 heterocycles. The lowest BCUT2D eigenvalue weighted by Crippen LogP contribution is -2.09. The van der Waals surface area contributed by atoms with Gasteiger partial charge in [-0.15, -0.1) is 0 Å². The Bertz CT molecular complexity index is 263. The Hall–Kier alpha value is -0.530. The van der Waals surface area contributed by atoms with Crippen LogP contribution < -0.4 is 0 Å². The van der Waals surface area contributed by atoms with Gasteiger partial charge in [-0.1, -0.05) is 110 Å². The molecule has 0 aromatic heterocycles. The molecule has 0 amide bonds. The normalized spacial score (nSPS) is 12.3. The first-order valence-electron chi connectivity index (χ1n) is 10.9. The standard InChI is InChI=1S/C22H44O2/c1-4-6-7-8-9-10-11-12-13-14-15-16-17-18-19-21(3)20-22(23)24-5-2/h21H,4-20H2,1-3H3. The summed E-state index contributed by atoms with van der Waals surface area (Å²) in [7, 11) is 0. The Morgan fingerprint density at radius 3 is 1.54 bits per heavy atom. The summed E-state index contributed by atoms with van der Waals surface area (Å²) in [5.74, 6) is 0.441. The highest BCUT2D eigenvalue weighted by molar-refractivity contribution is 5.69. The third-order valence-electron chi connectivity index (χ3n) is 4.87. The van der Waals surface area contributed by atoms with Gasteiger partial charge in [-0.05, 0) is 12.8 Å². The van der Waals surface area contributed by atoms with Crippen molar-refractivity contribution in [2.24, 2.45) is 5.92 Å². The van der Waals surface area contributed by atoms with E-state index in [0.29, 0.717) is 18.9 Å². The highest BCUT2D eigenvalue weighted by atomic mass is 16.5. The van der Waals surface area contributed by atoms with Crippen LogP contribution in [0.3, 0.4) is 0 Å². The molecule has 0 saturated carbocycles. The van der Waals surface area contributed by atoms with Crippen molar-refractivity contribution in [3.05, 3.63) is 0 Å². The molecule has 0 rings (SSSR count). The van der Waals surface area contributed by atoms with Gasteiger partial charge in [0.2, 0.25) is 0 Å². The van der Waals surface area contributed by atoms with Gasteiger partial charge in [-0.3, -0.25) is 4.79 Å². The molecule has 0 bridgehead atoms. The molecule has 0 fully saturated rings. The second-order valence-electron chi connectivity index (χ2n) is 7.50. The summed E-state index contributed by atoms with van der Waals surface area (Å²) in [6.45, 7) is 6.82.